The average molecular weight is 381 g/mol. The second kappa shape index (κ2) is 12.3. The van der Waals surface area contributed by atoms with Gasteiger partial charge in [-0.2, -0.15) is 0 Å². The highest BCUT2D eigenvalue weighted by molar-refractivity contribution is 6.59. The maximum atomic E-state index is 10.7. The zero-order valence-corrected chi connectivity index (χ0v) is 17.2. The Morgan fingerprint density at radius 3 is 2.60 bits per heavy atom. The van der Waals surface area contributed by atoms with Crippen LogP contribution in [0.4, 0.5) is 0 Å². The summed E-state index contributed by atoms with van der Waals surface area (Å²) in [7, 11) is 1.34. The summed E-state index contributed by atoms with van der Waals surface area (Å²) in [5, 5.41) is 8.76. The van der Waals surface area contributed by atoms with Crippen LogP contribution in [-0.2, 0) is 18.3 Å². The van der Waals surface area contributed by atoms with Crippen LogP contribution >= 0.6 is 0 Å². The maximum absolute atomic E-state index is 10.7. The van der Waals surface area contributed by atoms with E-state index in [2.05, 4.69) is 21.0 Å². The summed E-state index contributed by atoms with van der Waals surface area (Å²) in [6.07, 6.45) is 4.40. The first-order valence-electron chi connectivity index (χ1n) is 9.53. The highest BCUT2D eigenvalue weighted by atomic mass is 28.4. The lowest BCUT2D eigenvalue weighted by Gasteiger charge is -2.32. The van der Waals surface area contributed by atoms with Gasteiger partial charge in [0.15, 0.2) is 0 Å². The van der Waals surface area contributed by atoms with E-state index in [1.165, 1.54) is 19.3 Å². The van der Waals surface area contributed by atoms with Gasteiger partial charge >= 0.3 is 8.80 Å². The van der Waals surface area contributed by atoms with Crippen LogP contribution in [0.5, 0.6) is 0 Å². The molecule has 0 aliphatic carbocycles. The summed E-state index contributed by atoms with van der Waals surface area (Å²) in [6.45, 7) is 6.04. The van der Waals surface area contributed by atoms with E-state index < -0.39 is 8.80 Å². The lowest BCUT2D eigenvalue weighted by molar-refractivity contribution is -0.890. The molecule has 150 valence electrons. The van der Waals surface area contributed by atoms with Gasteiger partial charge in [-0.1, -0.05) is 13.3 Å². The Morgan fingerprint density at radius 2 is 1.88 bits per heavy atom. The first-order valence-corrected chi connectivity index (χ1v) is 11.5. The van der Waals surface area contributed by atoms with Gasteiger partial charge < -0.3 is 32.7 Å². The number of hydrogen-bond acceptors (Lipinski definition) is 6. The SMILES string of the molecule is CCCCC[N+](C)(C)CCC[Si]1(O)OCCOC(COCCO)CO1. The minimum atomic E-state index is -3.14. The van der Waals surface area contributed by atoms with Gasteiger partial charge in [-0.25, -0.2) is 0 Å². The van der Waals surface area contributed by atoms with E-state index >= 15 is 0 Å². The third-order valence-electron chi connectivity index (χ3n) is 4.42. The minimum Gasteiger partial charge on any atom is -0.394 e. The summed E-state index contributed by atoms with van der Waals surface area (Å²) in [6, 6.07) is 0.576. The van der Waals surface area contributed by atoms with Crippen molar-refractivity contribution >= 4 is 8.80 Å². The summed E-state index contributed by atoms with van der Waals surface area (Å²) < 4.78 is 23.2. The van der Waals surface area contributed by atoms with Crippen molar-refractivity contribution in [3.8, 4) is 0 Å². The molecule has 2 unspecified atom stereocenters. The molecule has 1 fully saturated rings. The number of hydrogen-bond donors (Lipinski definition) is 2. The van der Waals surface area contributed by atoms with Crippen LogP contribution in [0.2, 0.25) is 6.04 Å². The van der Waals surface area contributed by atoms with Crippen molar-refractivity contribution in [3.05, 3.63) is 0 Å². The normalized spacial score (nSPS) is 25.6. The van der Waals surface area contributed by atoms with Gasteiger partial charge in [0.25, 0.3) is 0 Å². The molecule has 0 bridgehead atoms. The molecule has 0 radical (unpaired) electrons. The van der Waals surface area contributed by atoms with Crippen LogP contribution in [0.3, 0.4) is 0 Å². The minimum absolute atomic E-state index is 0.0122. The fourth-order valence-electron chi connectivity index (χ4n) is 2.88. The number of unbranched alkanes of at least 4 members (excludes halogenated alkanes) is 2. The predicted octanol–water partition coefficient (Wildman–Crippen LogP) is 1.02. The second-order valence-corrected chi connectivity index (χ2v) is 9.86. The Morgan fingerprint density at radius 1 is 1.12 bits per heavy atom. The van der Waals surface area contributed by atoms with Gasteiger partial charge in [-0.15, -0.1) is 0 Å². The number of aliphatic hydroxyl groups is 1. The van der Waals surface area contributed by atoms with Crippen molar-refractivity contribution in [2.75, 3.05) is 66.8 Å². The molecule has 0 amide bonds. The first-order chi connectivity index (χ1) is 11.9. The highest BCUT2D eigenvalue weighted by Crippen LogP contribution is 2.18. The number of aliphatic hydroxyl groups excluding tert-OH is 1. The van der Waals surface area contributed by atoms with E-state index in [1.807, 2.05) is 0 Å². The quantitative estimate of drug-likeness (QED) is 0.299. The van der Waals surface area contributed by atoms with E-state index in [0.29, 0.717) is 25.9 Å². The van der Waals surface area contributed by atoms with Crippen molar-refractivity contribution in [2.45, 2.75) is 44.8 Å². The van der Waals surface area contributed by atoms with Gasteiger partial charge in [0.2, 0.25) is 0 Å². The van der Waals surface area contributed by atoms with Crippen molar-refractivity contribution in [2.24, 2.45) is 0 Å². The number of quaternary nitrogens is 1. The van der Waals surface area contributed by atoms with Crippen LogP contribution in [0.1, 0.15) is 32.6 Å². The van der Waals surface area contributed by atoms with E-state index in [4.69, 9.17) is 23.4 Å². The fourth-order valence-corrected chi connectivity index (χ4v) is 4.71. The molecule has 8 heteroatoms. The topological polar surface area (TPSA) is 77.4 Å². The fraction of sp³-hybridized carbons (Fsp3) is 1.00. The Labute approximate surface area is 153 Å². The van der Waals surface area contributed by atoms with Crippen molar-refractivity contribution in [1.29, 1.82) is 0 Å². The largest absolute Gasteiger partial charge is 0.498 e. The van der Waals surface area contributed by atoms with Gasteiger partial charge in [-0.3, -0.25) is 0 Å². The molecule has 1 heterocycles. The zero-order chi connectivity index (χ0) is 18.6. The number of nitrogens with zero attached hydrogens (tertiary/aromatic N) is 1. The molecule has 1 aliphatic rings. The predicted molar refractivity (Wildman–Crippen MR) is 98.3 cm³/mol. The van der Waals surface area contributed by atoms with Crippen LogP contribution in [0.15, 0.2) is 0 Å². The van der Waals surface area contributed by atoms with Crippen molar-refractivity contribution in [1.82, 2.24) is 0 Å². The molecule has 7 nitrogen and oxygen atoms in total. The van der Waals surface area contributed by atoms with Crippen LogP contribution in [0, 0.1) is 0 Å². The Balaban J connectivity index is 2.34. The van der Waals surface area contributed by atoms with Gasteiger partial charge in [0, 0.05) is 12.5 Å². The molecule has 1 rings (SSSR count). The third kappa shape index (κ3) is 10.6. The van der Waals surface area contributed by atoms with E-state index in [9.17, 15) is 4.80 Å². The van der Waals surface area contributed by atoms with Crippen LogP contribution < -0.4 is 0 Å². The molecule has 1 saturated heterocycles. The van der Waals surface area contributed by atoms with E-state index in [0.717, 1.165) is 24.0 Å². The number of rotatable bonds is 12. The van der Waals surface area contributed by atoms with Crippen molar-refractivity contribution in [3.63, 3.8) is 0 Å². The molecule has 25 heavy (non-hydrogen) atoms. The summed E-state index contributed by atoms with van der Waals surface area (Å²) in [5.74, 6) is 0. The third-order valence-corrected chi connectivity index (χ3v) is 6.68. The standard InChI is InChI=1S/C17H38NO6Si/c1-4-5-6-8-18(2,3)9-7-14-25(20)23-13-12-22-17(16-24-25)15-21-11-10-19/h17,19-20H,4-16H2,1-3H3/q+1. The lowest BCUT2D eigenvalue weighted by Crippen LogP contribution is -2.49. The molecule has 1 aliphatic heterocycles. The molecular weight excluding hydrogens is 342 g/mol. The Kier molecular flexibility index (Phi) is 11.3. The molecule has 2 N–H and O–H groups in total. The molecule has 2 atom stereocenters. The Hall–Kier alpha value is -0.0631. The average Bonchev–Trinajstić information content (AvgIpc) is 2.54. The molecule has 0 aromatic heterocycles. The first kappa shape index (κ1) is 23.0. The van der Waals surface area contributed by atoms with E-state index in [1.54, 1.807) is 0 Å². The van der Waals surface area contributed by atoms with Gasteiger partial charge in [0.1, 0.15) is 6.10 Å². The molecule has 0 spiro atoms. The van der Waals surface area contributed by atoms with Crippen molar-refractivity contribution < 1.29 is 32.7 Å². The highest BCUT2D eigenvalue weighted by Gasteiger charge is 2.39. The summed E-state index contributed by atoms with van der Waals surface area (Å²) >= 11 is 0. The number of ether oxygens (including phenoxy) is 2. The van der Waals surface area contributed by atoms with Gasteiger partial charge in [0.05, 0.1) is 66.8 Å². The second-order valence-electron chi connectivity index (χ2n) is 7.36. The smallest absolute Gasteiger partial charge is 0.394 e. The van der Waals surface area contributed by atoms with E-state index in [-0.39, 0.29) is 25.9 Å². The molecular formula is C17H38NO6Si+. The lowest BCUT2D eigenvalue weighted by atomic mass is 10.2. The van der Waals surface area contributed by atoms with Crippen LogP contribution in [0.25, 0.3) is 0 Å². The zero-order valence-electron chi connectivity index (χ0n) is 16.2. The summed E-state index contributed by atoms with van der Waals surface area (Å²) in [4.78, 5) is 10.7. The monoisotopic (exact) mass is 380 g/mol. The molecule has 0 aromatic carbocycles. The molecule has 0 aromatic rings. The van der Waals surface area contributed by atoms with Crippen LogP contribution in [-0.4, -0.2) is 96.1 Å². The maximum Gasteiger partial charge on any atom is 0.498 e. The summed E-state index contributed by atoms with van der Waals surface area (Å²) in [5.41, 5.74) is 0. The Bertz CT molecular complexity index is 347. The molecule has 0 saturated carbocycles. The van der Waals surface area contributed by atoms with Gasteiger partial charge in [-0.05, 0) is 12.8 Å².